The molecule has 5 heteroatoms. The lowest BCUT2D eigenvalue weighted by Gasteiger charge is -2.38. The summed E-state index contributed by atoms with van der Waals surface area (Å²) < 4.78 is 15.5. The Morgan fingerprint density at radius 1 is 1.11 bits per heavy atom. The molecular formula is C22H32O5. The maximum absolute atomic E-state index is 11.6. The van der Waals surface area contributed by atoms with Crippen molar-refractivity contribution < 1.29 is 23.8 Å². The third kappa shape index (κ3) is 7.71. The second-order valence-electron chi connectivity index (χ2n) is 8.27. The van der Waals surface area contributed by atoms with Crippen LogP contribution >= 0.6 is 0 Å². The summed E-state index contributed by atoms with van der Waals surface area (Å²) in [6.45, 7) is 7.95. The minimum Gasteiger partial charge on any atom is -0.455 e. The second kappa shape index (κ2) is 10.5. The van der Waals surface area contributed by atoms with E-state index in [0.29, 0.717) is 23.9 Å². The van der Waals surface area contributed by atoms with Crippen molar-refractivity contribution in [2.75, 3.05) is 19.8 Å². The Morgan fingerprint density at radius 3 is 2.52 bits per heavy atom. The van der Waals surface area contributed by atoms with E-state index in [4.69, 9.17) is 14.2 Å². The van der Waals surface area contributed by atoms with Crippen LogP contribution in [0.3, 0.4) is 0 Å². The van der Waals surface area contributed by atoms with E-state index in [1.54, 1.807) is 0 Å². The van der Waals surface area contributed by atoms with Gasteiger partial charge in [0, 0.05) is 6.61 Å². The Hall–Kier alpha value is -1.88. The molecule has 1 aromatic carbocycles. The molecule has 150 valence electrons. The molecule has 0 aliphatic heterocycles. The SMILES string of the molecule is CC(COCCOC(=O)C(=O)OCc1ccccc1)C1CCCC(C)(C)C1. The lowest BCUT2D eigenvalue weighted by atomic mass is 9.69. The average molecular weight is 376 g/mol. The standard InChI is InChI=1S/C22H32O5/c1-17(19-10-7-11-22(2,3)14-19)15-25-12-13-26-20(23)21(24)27-16-18-8-5-4-6-9-18/h4-6,8-9,17,19H,7,10-16H2,1-3H3. The van der Waals surface area contributed by atoms with Crippen LogP contribution in [0.15, 0.2) is 30.3 Å². The zero-order valence-corrected chi connectivity index (χ0v) is 16.7. The van der Waals surface area contributed by atoms with Crippen molar-refractivity contribution in [3.63, 3.8) is 0 Å². The van der Waals surface area contributed by atoms with Crippen LogP contribution in [0.25, 0.3) is 0 Å². The molecule has 2 unspecified atom stereocenters. The molecule has 0 aromatic heterocycles. The van der Waals surface area contributed by atoms with Gasteiger partial charge in [-0.25, -0.2) is 9.59 Å². The van der Waals surface area contributed by atoms with Gasteiger partial charge in [0.25, 0.3) is 0 Å². The van der Waals surface area contributed by atoms with Gasteiger partial charge in [0.2, 0.25) is 0 Å². The van der Waals surface area contributed by atoms with Crippen molar-refractivity contribution >= 4 is 11.9 Å². The first-order valence-corrected chi connectivity index (χ1v) is 9.83. The fourth-order valence-corrected chi connectivity index (χ4v) is 3.68. The Balaban J connectivity index is 1.56. The summed E-state index contributed by atoms with van der Waals surface area (Å²) in [5.41, 5.74) is 1.24. The van der Waals surface area contributed by atoms with Gasteiger partial charge in [-0.1, -0.05) is 63.9 Å². The predicted molar refractivity (Wildman–Crippen MR) is 103 cm³/mol. The highest BCUT2D eigenvalue weighted by Crippen LogP contribution is 2.41. The van der Waals surface area contributed by atoms with E-state index in [1.165, 1.54) is 25.7 Å². The topological polar surface area (TPSA) is 61.8 Å². The van der Waals surface area contributed by atoms with E-state index in [2.05, 4.69) is 20.8 Å². The number of esters is 2. The zero-order valence-electron chi connectivity index (χ0n) is 16.7. The fraction of sp³-hybridized carbons (Fsp3) is 0.636. The molecule has 0 heterocycles. The van der Waals surface area contributed by atoms with Crippen molar-refractivity contribution in [2.45, 2.75) is 53.1 Å². The van der Waals surface area contributed by atoms with Gasteiger partial charge >= 0.3 is 11.9 Å². The molecule has 1 fully saturated rings. The van der Waals surface area contributed by atoms with Crippen molar-refractivity contribution in [3.05, 3.63) is 35.9 Å². The summed E-state index contributed by atoms with van der Waals surface area (Å²) in [5, 5.41) is 0. The van der Waals surface area contributed by atoms with Gasteiger partial charge in [0.05, 0.1) is 6.61 Å². The number of hydrogen-bond donors (Lipinski definition) is 0. The molecule has 27 heavy (non-hydrogen) atoms. The molecule has 0 amide bonds. The number of hydrogen-bond acceptors (Lipinski definition) is 5. The minimum absolute atomic E-state index is 0.0561. The summed E-state index contributed by atoms with van der Waals surface area (Å²) >= 11 is 0. The largest absolute Gasteiger partial charge is 0.455 e. The summed E-state index contributed by atoms with van der Waals surface area (Å²) in [4.78, 5) is 23.2. The van der Waals surface area contributed by atoms with E-state index >= 15 is 0 Å². The van der Waals surface area contributed by atoms with Crippen molar-refractivity contribution in [3.8, 4) is 0 Å². The quantitative estimate of drug-likeness (QED) is 0.388. The molecule has 0 bridgehead atoms. The summed E-state index contributed by atoms with van der Waals surface area (Å²) in [6.07, 6.45) is 5.08. The van der Waals surface area contributed by atoms with E-state index in [9.17, 15) is 9.59 Å². The Morgan fingerprint density at radius 2 is 1.81 bits per heavy atom. The second-order valence-corrected chi connectivity index (χ2v) is 8.27. The maximum Gasteiger partial charge on any atom is 0.417 e. The number of carbonyl (C=O) groups is 2. The molecule has 0 saturated heterocycles. The van der Waals surface area contributed by atoms with Gasteiger partial charge in [-0.05, 0) is 35.7 Å². The number of carbonyl (C=O) groups excluding carboxylic acids is 2. The van der Waals surface area contributed by atoms with Gasteiger partial charge in [0.15, 0.2) is 0 Å². The van der Waals surface area contributed by atoms with Crippen LogP contribution in [0, 0.1) is 17.3 Å². The number of rotatable bonds is 8. The smallest absolute Gasteiger partial charge is 0.417 e. The molecule has 2 rings (SSSR count). The van der Waals surface area contributed by atoms with Crippen LogP contribution in [-0.4, -0.2) is 31.8 Å². The van der Waals surface area contributed by atoms with Crippen molar-refractivity contribution in [2.24, 2.45) is 17.3 Å². The van der Waals surface area contributed by atoms with Gasteiger partial charge in [0.1, 0.15) is 13.2 Å². The molecule has 1 aromatic rings. The molecule has 0 spiro atoms. The first-order chi connectivity index (χ1) is 12.9. The highest BCUT2D eigenvalue weighted by atomic mass is 16.6. The fourth-order valence-electron chi connectivity index (χ4n) is 3.68. The van der Waals surface area contributed by atoms with Gasteiger partial charge in [-0.3, -0.25) is 0 Å². The maximum atomic E-state index is 11.6. The monoisotopic (exact) mass is 376 g/mol. The van der Waals surface area contributed by atoms with Gasteiger partial charge in [-0.2, -0.15) is 0 Å². The lowest BCUT2D eigenvalue weighted by Crippen LogP contribution is -2.29. The van der Waals surface area contributed by atoms with Crippen molar-refractivity contribution in [1.29, 1.82) is 0 Å². The highest BCUT2D eigenvalue weighted by molar-refractivity contribution is 6.29. The van der Waals surface area contributed by atoms with E-state index in [-0.39, 0.29) is 19.8 Å². The van der Waals surface area contributed by atoms with Crippen LogP contribution in [0.4, 0.5) is 0 Å². The number of benzene rings is 1. The van der Waals surface area contributed by atoms with Crippen LogP contribution < -0.4 is 0 Å². The van der Waals surface area contributed by atoms with E-state index in [1.807, 2.05) is 30.3 Å². The summed E-state index contributed by atoms with van der Waals surface area (Å²) in [5.74, 6) is -0.784. The summed E-state index contributed by atoms with van der Waals surface area (Å²) in [6, 6.07) is 9.19. The Kier molecular flexibility index (Phi) is 8.29. The molecule has 1 aliphatic rings. The normalized spacial score (nSPS) is 19.9. The van der Waals surface area contributed by atoms with Crippen LogP contribution in [-0.2, 0) is 30.4 Å². The van der Waals surface area contributed by atoms with E-state index in [0.717, 1.165) is 5.56 Å². The average Bonchev–Trinajstić information content (AvgIpc) is 2.65. The third-order valence-electron chi connectivity index (χ3n) is 5.27. The molecule has 0 N–H and O–H groups in total. The minimum atomic E-state index is -0.975. The number of ether oxygens (including phenoxy) is 3. The molecular weight excluding hydrogens is 344 g/mol. The van der Waals surface area contributed by atoms with Gasteiger partial charge < -0.3 is 14.2 Å². The first-order valence-electron chi connectivity index (χ1n) is 9.83. The Bertz CT molecular complexity index is 596. The molecule has 5 nitrogen and oxygen atoms in total. The lowest BCUT2D eigenvalue weighted by molar-refractivity contribution is -0.169. The molecule has 1 aliphatic carbocycles. The molecule has 1 saturated carbocycles. The molecule has 0 radical (unpaired) electrons. The molecule has 2 atom stereocenters. The Labute approximate surface area is 162 Å². The van der Waals surface area contributed by atoms with Gasteiger partial charge in [-0.15, -0.1) is 0 Å². The summed E-state index contributed by atoms with van der Waals surface area (Å²) in [7, 11) is 0. The van der Waals surface area contributed by atoms with Crippen molar-refractivity contribution in [1.82, 2.24) is 0 Å². The van der Waals surface area contributed by atoms with Crippen LogP contribution in [0.2, 0.25) is 0 Å². The third-order valence-corrected chi connectivity index (χ3v) is 5.27. The van der Waals surface area contributed by atoms with Crippen LogP contribution in [0.5, 0.6) is 0 Å². The predicted octanol–water partition coefficient (Wildman–Crippen LogP) is 4.14. The first kappa shape index (κ1) is 21.4. The zero-order chi connectivity index (χ0) is 19.7. The van der Waals surface area contributed by atoms with E-state index < -0.39 is 11.9 Å². The van der Waals surface area contributed by atoms with Crippen LogP contribution in [0.1, 0.15) is 52.0 Å². The highest BCUT2D eigenvalue weighted by Gasteiger charge is 2.30.